The van der Waals surface area contributed by atoms with Crippen LogP contribution in [0.25, 0.3) is 10.2 Å². The lowest BCUT2D eigenvalue weighted by Crippen LogP contribution is -2.63. The molecule has 2 aromatic heterocycles. The Bertz CT molecular complexity index is 1500. The van der Waals surface area contributed by atoms with Gasteiger partial charge in [0.1, 0.15) is 11.4 Å². The molecule has 1 N–H and O–H groups in total. The van der Waals surface area contributed by atoms with Gasteiger partial charge >= 0.3 is 0 Å². The molecule has 0 saturated heterocycles. The Kier molecular flexibility index (Phi) is 7.41. The summed E-state index contributed by atoms with van der Waals surface area (Å²) in [6.07, 6.45) is 7.56. The number of amides is 2. The van der Waals surface area contributed by atoms with E-state index in [1.165, 1.54) is 17.7 Å². The van der Waals surface area contributed by atoms with Crippen LogP contribution >= 0.6 is 11.3 Å². The van der Waals surface area contributed by atoms with E-state index in [1.807, 2.05) is 65.6 Å². The van der Waals surface area contributed by atoms with Crippen LogP contribution in [0.3, 0.4) is 0 Å². The van der Waals surface area contributed by atoms with Crippen molar-refractivity contribution in [1.82, 2.24) is 14.8 Å². The first-order chi connectivity index (χ1) is 19.5. The molecule has 2 aliphatic rings. The minimum atomic E-state index is -1.20. The highest BCUT2D eigenvalue weighted by Crippen LogP contribution is 2.42. The number of ether oxygens (including phenoxy) is 1. The third kappa shape index (κ3) is 4.70. The van der Waals surface area contributed by atoms with E-state index in [1.54, 1.807) is 18.4 Å². The molecule has 1 atom stereocenters. The maximum Gasteiger partial charge on any atom is 0.272 e. The Morgan fingerprint density at radius 1 is 1.02 bits per heavy atom. The summed E-state index contributed by atoms with van der Waals surface area (Å²) in [5.74, 6) is 0.546. The fourth-order valence-electron chi connectivity index (χ4n) is 6.38. The number of thiophene rings is 1. The van der Waals surface area contributed by atoms with Crippen LogP contribution in [0.5, 0.6) is 5.75 Å². The molecule has 208 valence electrons. The van der Waals surface area contributed by atoms with Crippen LogP contribution in [0, 0.1) is 0 Å². The van der Waals surface area contributed by atoms with Crippen molar-refractivity contribution in [3.63, 3.8) is 0 Å². The average Bonchev–Trinajstić information content (AvgIpc) is 3.43. The molecule has 1 saturated carbocycles. The van der Waals surface area contributed by atoms with Crippen LogP contribution in [0.4, 0.5) is 0 Å². The van der Waals surface area contributed by atoms with Crippen LogP contribution in [0.15, 0.2) is 66.7 Å². The van der Waals surface area contributed by atoms with E-state index in [4.69, 9.17) is 4.74 Å². The van der Waals surface area contributed by atoms with Gasteiger partial charge < -0.3 is 19.5 Å². The molecule has 6 rings (SSSR count). The van der Waals surface area contributed by atoms with Gasteiger partial charge in [0.15, 0.2) is 5.54 Å². The number of aryl methyl sites for hydroxylation is 1. The first kappa shape index (κ1) is 26.6. The molecule has 1 aliphatic carbocycles. The van der Waals surface area contributed by atoms with Gasteiger partial charge in [0.2, 0.25) is 0 Å². The number of hydrogen-bond donors (Lipinski definition) is 1. The van der Waals surface area contributed by atoms with Crippen LogP contribution in [0.2, 0.25) is 0 Å². The number of carbonyl (C=O) groups excluding carboxylic acids is 2. The molecule has 40 heavy (non-hydrogen) atoms. The zero-order chi connectivity index (χ0) is 27.7. The van der Waals surface area contributed by atoms with E-state index < -0.39 is 5.54 Å². The zero-order valence-corrected chi connectivity index (χ0v) is 24.1. The molecule has 2 amide bonds. The van der Waals surface area contributed by atoms with Crippen molar-refractivity contribution in [2.24, 2.45) is 0 Å². The number of nitrogens with zero attached hydrogens (tertiary/aromatic N) is 2. The second kappa shape index (κ2) is 11.1. The van der Waals surface area contributed by atoms with Crippen molar-refractivity contribution >= 4 is 33.4 Å². The van der Waals surface area contributed by atoms with E-state index >= 15 is 0 Å². The third-order valence-electron chi connectivity index (χ3n) is 8.62. The van der Waals surface area contributed by atoms with E-state index in [-0.39, 0.29) is 17.9 Å². The Labute approximate surface area is 239 Å². The Morgan fingerprint density at radius 3 is 2.42 bits per heavy atom. The summed E-state index contributed by atoms with van der Waals surface area (Å²) in [5.41, 5.74) is 2.27. The lowest BCUT2D eigenvalue weighted by Gasteiger charge is -2.47. The SMILES string of the molecule is CCc1cc2c(cc3n2C[C@@](C(=O)NC2CCCCCC2)(c2ccccc2)N(Cc2ccc(OC)cc2)C3=O)s1. The summed E-state index contributed by atoms with van der Waals surface area (Å²) in [6, 6.07) is 22.0. The Morgan fingerprint density at radius 2 is 1.75 bits per heavy atom. The van der Waals surface area contributed by atoms with E-state index in [0.29, 0.717) is 18.8 Å². The molecule has 0 bridgehead atoms. The maximum atomic E-state index is 14.7. The van der Waals surface area contributed by atoms with Crippen molar-refractivity contribution < 1.29 is 14.3 Å². The second-order valence-corrected chi connectivity index (χ2v) is 12.2. The molecular formula is C33H37N3O3S. The molecule has 2 aromatic carbocycles. The van der Waals surface area contributed by atoms with E-state index in [0.717, 1.165) is 59.2 Å². The minimum absolute atomic E-state index is 0.0918. The highest BCUT2D eigenvalue weighted by atomic mass is 32.1. The predicted molar refractivity (Wildman–Crippen MR) is 160 cm³/mol. The number of benzene rings is 2. The lowest BCUT2D eigenvalue weighted by molar-refractivity contribution is -0.136. The summed E-state index contributed by atoms with van der Waals surface area (Å²) in [7, 11) is 1.64. The molecule has 1 aliphatic heterocycles. The monoisotopic (exact) mass is 555 g/mol. The largest absolute Gasteiger partial charge is 0.497 e. The molecular weight excluding hydrogens is 518 g/mol. The number of nitrogens with one attached hydrogen (secondary N) is 1. The number of methoxy groups -OCH3 is 1. The number of aromatic nitrogens is 1. The predicted octanol–water partition coefficient (Wildman–Crippen LogP) is 6.66. The van der Waals surface area contributed by atoms with Crippen molar-refractivity contribution in [2.75, 3.05) is 7.11 Å². The first-order valence-corrected chi connectivity index (χ1v) is 15.3. The highest BCUT2D eigenvalue weighted by Gasteiger charge is 2.53. The van der Waals surface area contributed by atoms with Crippen LogP contribution < -0.4 is 10.1 Å². The van der Waals surface area contributed by atoms with E-state index in [2.05, 4.69) is 22.9 Å². The van der Waals surface area contributed by atoms with Gasteiger partial charge in [0.25, 0.3) is 11.8 Å². The fraction of sp³-hybridized carbons (Fsp3) is 0.394. The molecule has 4 aromatic rings. The Hall–Kier alpha value is -3.58. The first-order valence-electron chi connectivity index (χ1n) is 14.5. The second-order valence-electron chi connectivity index (χ2n) is 11.1. The molecule has 6 nitrogen and oxygen atoms in total. The molecule has 0 spiro atoms. The van der Waals surface area contributed by atoms with Crippen LogP contribution in [-0.2, 0) is 29.8 Å². The maximum absolute atomic E-state index is 14.7. The van der Waals surface area contributed by atoms with Gasteiger partial charge in [-0.2, -0.15) is 0 Å². The summed E-state index contributed by atoms with van der Waals surface area (Å²) in [4.78, 5) is 32.3. The quantitative estimate of drug-likeness (QED) is 0.259. The fourth-order valence-corrected chi connectivity index (χ4v) is 7.42. The van der Waals surface area contributed by atoms with Gasteiger partial charge in [-0.15, -0.1) is 11.3 Å². The van der Waals surface area contributed by atoms with Gasteiger partial charge in [0.05, 0.1) is 23.9 Å². The lowest BCUT2D eigenvalue weighted by atomic mass is 9.83. The Balaban J connectivity index is 1.51. The summed E-state index contributed by atoms with van der Waals surface area (Å²) < 4.78 is 8.56. The summed E-state index contributed by atoms with van der Waals surface area (Å²) in [5, 5.41) is 3.45. The summed E-state index contributed by atoms with van der Waals surface area (Å²) >= 11 is 1.73. The molecule has 1 fully saturated rings. The number of fused-ring (bicyclic) bond motifs is 3. The topological polar surface area (TPSA) is 63.6 Å². The molecule has 3 heterocycles. The van der Waals surface area contributed by atoms with Gasteiger partial charge in [-0.1, -0.05) is 75.1 Å². The highest BCUT2D eigenvalue weighted by molar-refractivity contribution is 7.19. The number of rotatable bonds is 7. The van der Waals surface area contributed by atoms with Gasteiger partial charge in [-0.25, -0.2) is 0 Å². The standard InChI is InChI=1S/C33H37N3O3S/c1-3-27-19-28-30(40-27)20-29-31(37)36(21-23-15-17-26(39-2)18-16-23)33(22-35(28)29,24-11-7-6-8-12-24)32(38)34-25-13-9-4-5-10-14-25/h6-8,11-12,15-20,25H,3-5,9-10,13-14,21-22H2,1-2H3,(H,34,38)/t33-/m0/s1. The van der Waals surface area contributed by atoms with Crippen molar-refractivity contribution in [2.45, 2.75) is 76.5 Å². The van der Waals surface area contributed by atoms with Crippen molar-refractivity contribution in [3.8, 4) is 5.75 Å². The molecule has 0 radical (unpaired) electrons. The van der Waals surface area contributed by atoms with Gasteiger partial charge in [-0.3, -0.25) is 9.59 Å². The summed E-state index contributed by atoms with van der Waals surface area (Å²) in [6.45, 7) is 2.84. The van der Waals surface area contributed by atoms with Crippen LogP contribution in [0.1, 0.15) is 71.9 Å². The van der Waals surface area contributed by atoms with Crippen molar-refractivity contribution in [3.05, 3.63) is 88.4 Å². The molecule has 7 heteroatoms. The van der Waals surface area contributed by atoms with Gasteiger partial charge in [0, 0.05) is 17.5 Å². The van der Waals surface area contributed by atoms with Gasteiger partial charge in [-0.05, 0) is 54.7 Å². The minimum Gasteiger partial charge on any atom is -0.497 e. The smallest absolute Gasteiger partial charge is 0.272 e. The normalized spacial score (nSPS) is 19.9. The zero-order valence-electron chi connectivity index (χ0n) is 23.3. The molecule has 0 unspecified atom stereocenters. The van der Waals surface area contributed by atoms with E-state index in [9.17, 15) is 9.59 Å². The average molecular weight is 556 g/mol. The number of carbonyl (C=O) groups is 2. The van der Waals surface area contributed by atoms with Crippen molar-refractivity contribution in [1.29, 1.82) is 0 Å². The number of hydrogen-bond acceptors (Lipinski definition) is 4. The van der Waals surface area contributed by atoms with Crippen LogP contribution in [-0.4, -0.2) is 34.4 Å². The third-order valence-corrected chi connectivity index (χ3v) is 9.83.